The molecule has 0 unspecified atom stereocenters. The maximum absolute atomic E-state index is 11.9. The standard InChI is InChI=1S/C20H18N2O/c23-20(14-8-5-9-14)22-21-13-19-17-10-3-1-6-15(17)12-16-7-2-4-11-18(16)19/h1-4,6-7,10-14H,5,8-9H2,(H,22,23). The van der Waals surface area contributed by atoms with E-state index in [1.807, 2.05) is 24.3 Å². The summed E-state index contributed by atoms with van der Waals surface area (Å²) >= 11 is 0. The van der Waals surface area contributed by atoms with Crippen LogP contribution in [0.2, 0.25) is 0 Å². The van der Waals surface area contributed by atoms with Crippen LogP contribution in [0.5, 0.6) is 0 Å². The van der Waals surface area contributed by atoms with Crippen LogP contribution in [0.25, 0.3) is 21.5 Å². The molecule has 3 aromatic rings. The first-order chi connectivity index (χ1) is 11.3. The first-order valence-electron chi connectivity index (χ1n) is 8.06. The second-order valence-corrected chi connectivity index (χ2v) is 6.09. The Labute approximate surface area is 135 Å². The van der Waals surface area contributed by atoms with Crippen molar-refractivity contribution in [3.63, 3.8) is 0 Å². The molecule has 0 aromatic heterocycles. The minimum absolute atomic E-state index is 0.0389. The average Bonchev–Trinajstić information content (AvgIpc) is 2.52. The second kappa shape index (κ2) is 5.84. The van der Waals surface area contributed by atoms with Gasteiger partial charge in [-0.1, -0.05) is 55.0 Å². The minimum Gasteiger partial charge on any atom is -0.273 e. The number of carbonyl (C=O) groups is 1. The van der Waals surface area contributed by atoms with Gasteiger partial charge in [-0.05, 0) is 40.5 Å². The Hall–Kier alpha value is -2.68. The van der Waals surface area contributed by atoms with Gasteiger partial charge in [0.25, 0.3) is 0 Å². The molecule has 1 saturated carbocycles. The van der Waals surface area contributed by atoms with Crippen LogP contribution in [0.15, 0.2) is 59.7 Å². The van der Waals surface area contributed by atoms with Gasteiger partial charge in [-0.3, -0.25) is 4.79 Å². The molecule has 0 radical (unpaired) electrons. The quantitative estimate of drug-likeness (QED) is 0.439. The Kier molecular flexibility index (Phi) is 3.54. The van der Waals surface area contributed by atoms with Crippen molar-refractivity contribution in [1.82, 2.24) is 5.43 Å². The monoisotopic (exact) mass is 302 g/mol. The smallest absolute Gasteiger partial charge is 0.243 e. The lowest BCUT2D eigenvalue weighted by Crippen LogP contribution is -2.31. The van der Waals surface area contributed by atoms with Crippen molar-refractivity contribution in [3.8, 4) is 0 Å². The van der Waals surface area contributed by atoms with Crippen molar-refractivity contribution in [3.05, 3.63) is 60.2 Å². The van der Waals surface area contributed by atoms with Crippen LogP contribution >= 0.6 is 0 Å². The molecule has 0 aliphatic heterocycles. The molecule has 3 aromatic carbocycles. The predicted octanol–water partition coefficient (Wildman–Crippen LogP) is 4.24. The summed E-state index contributed by atoms with van der Waals surface area (Å²) in [6, 6.07) is 18.7. The van der Waals surface area contributed by atoms with Gasteiger partial charge in [-0.25, -0.2) is 5.43 Å². The molecule has 3 nitrogen and oxygen atoms in total. The number of hydrogen-bond donors (Lipinski definition) is 1. The summed E-state index contributed by atoms with van der Waals surface area (Å²) in [5.41, 5.74) is 3.74. The molecule has 0 spiro atoms. The molecule has 0 saturated heterocycles. The van der Waals surface area contributed by atoms with Crippen molar-refractivity contribution < 1.29 is 4.79 Å². The largest absolute Gasteiger partial charge is 0.273 e. The van der Waals surface area contributed by atoms with Gasteiger partial charge in [0.2, 0.25) is 5.91 Å². The zero-order valence-electron chi connectivity index (χ0n) is 12.8. The molecule has 4 rings (SSSR count). The molecule has 1 N–H and O–H groups in total. The number of carbonyl (C=O) groups excluding carboxylic acids is 1. The highest BCUT2D eigenvalue weighted by atomic mass is 16.2. The van der Waals surface area contributed by atoms with E-state index >= 15 is 0 Å². The average molecular weight is 302 g/mol. The van der Waals surface area contributed by atoms with E-state index in [1.54, 1.807) is 6.21 Å². The number of rotatable bonds is 3. The van der Waals surface area contributed by atoms with Crippen molar-refractivity contribution in [2.45, 2.75) is 19.3 Å². The summed E-state index contributed by atoms with van der Waals surface area (Å²) in [6.45, 7) is 0. The Bertz CT molecular complexity index is 856. The molecule has 3 heteroatoms. The molecule has 0 atom stereocenters. The third kappa shape index (κ3) is 2.59. The third-order valence-electron chi connectivity index (χ3n) is 4.66. The zero-order chi connectivity index (χ0) is 15.6. The zero-order valence-corrected chi connectivity index (χ0v) is 12.8. The third-order valence-corrected chi connectivity index (χ3v) is 4.66. The Morgan fingerprint density at radius 2 is 1.61 bits per heavy atom. The molecule has 1 amide bonds. The minimum atomic E-state index is 0.0389. The van der Waals surface area contributed by atoms with E-state index in [0.717, 1.165) is 35.6 Å². The number of hydrazone groups is 1. The van der Waals surface area contributed by atoms with E-state index < -0.39 is 0 Å². The lowest BCUT2D eigenvalue weighted by Gasteiger charge is -2.22. The van der Waals surface area contributed by atoms with E-state index in [0.29, 0.717) is 0 Å². The van der Waals surface area contributed by atoms with E-state index in [-0.39, 0.29) is 11.8 Å². The van der Waals surface area contributed by atoms with Crippen molar-refractivity contribution >= 4 is 33.7 Å². The first kappa shape index (κ1) is 13.9. The van der Waals surface area contributed by atoms with Gasteiger partial charge in [-0.15, -0.1) is 0 Å². The van der Waals surface area contributed by atoms with Gasteiger partial charge in [0.1, 0.15) is 0 Å². The number of amides is 1. The summed E-state index contributed by atoms with van der Waals surface area (Å²) in [6.07, 6.45) is 4.90. The van der Waals surface area contributed by atoms with Crippen molar-refractivity contribution in [1.29, 1.82) is 0 Å². The van der Waals surface area contributed by atoms with Gasteiger partial charge >= 0.3 is 0 Å². The highest BCUT2D eigenvalue weighted by molar-refractivity contribution is 6.13. The predicted molar refractivity (Wildman–Crippen MR) is 94.5 cm³/mol. The fourth-order valence-electron chi connectivity index (χ4n) is 3.11. The lowest BCUT2D eigenvalue weighted by atomic mass is 9.85. The maximum atomic E-state index is 11.9. The van der Waals surface area contributed by atoms with Crippen LogP contribution in [-0.2, 0) is 4.79 Å². The second-order valence-electron chi connectivity index (χ2n) is 6.09. The normalized spacial score (nSPS) is 15.1. The van der Waals surface area contributed by atoms with Crippen molar-refractivity contribution in [2.24, 2.45) is 11.0 Å². The summed E-state index contributed by atoms with van der Waals surface area (Å²) < 4.78 is 0. The van der Waals surface area contributed by atoms with Crippen molar-refractivity contribution in [2.75, 3.05) is 0 Å². The van der Waals surface area contributed by atoms with Gasteiger partial charge in [0.05, 0.1) is 6.21 Å². The van der Waals surface area contributed by atoms with Crippen LogP contribution in [0, 0.1) is 5.92 Å². The molecule has 23 heavy (non-hydrogen) atoms. The summed E-state index contributed by atoms with van der Waals surface area (Å²) in [7, 11) is 0. The summed E-state index contributed by atoms with van der Waals surface area (Å²) in [4.78, 5) is 11.9. The van der Waals surface area contributed by atoms with Gasteiger partial charge in [-0.2, -0.15) is 5.10 Å². The van der Waals surface area contributed by atoms with Crippen LogP contribution in [-0.4, -0.2) is 12.1 Å². The molecule has 1 aliphatic rings. The van der Waals surface area contributed by atoms with Gasteiger partial charge in [0, 0.05) is 11.5 Å². The fourth-order valence-corrected chi connectivity index (χ4v) is 3.11. The Morgan fingerprint density at radius 3 is 2.17 bits per heavy atom. The fraction of sp³-hybridized carbons (Fsp3) is 0.200. The van der Waals surface area contributed by atoms with E-state index in [1.165, 1.54) is 10.8 Å². The summed E-state index contributed by atoms with van der Waals surface area (Å²) in [5, 5.41) is 8.87. The molecular weight excluding hydrogens is 284 g/mol. The number of hydrogen-bond acceptors (Lipinski definition) is 2. The topological polar surface area (TPSA) is 41.5 Å². The molecule has 1 fully saturated rings. The van der Waals surface area contributed by atoms with Crippen LogP contribution in [0.4, 0.5) is 0 Å². The van der Waals surface area contributed by atoms with E-state index in [2.05, 4.69) is 40.9 Å². The highest BCUT2D eigenvalue weighted by Gasteiger charge is 2.24. The first-order valence-corrected chi connectivity index (χ1v) is 8.06. The lowest BCUT2D eigenvalue weighted by molar-refractivity contribution is -0.127. The van der Waals surface area contributed by atoms with Crippen LogP contribution < -0.4 is 5.43 Å². The summed E-state index contributed by atoms with van der Waals surface area (Å²) in [5.74, 6) is 0.188. The number of benzene rings is 3. The number of nitrogens with one attached hydrogen (secondary N) is 1. The van der Waals surface area contributed by atoms with E-state index in [4.69, 9.17) is 0 Å². The molecule has 114 valence electrons. The SMILES string of the molecule is O=C(NN=Cc1c2ccccc2cc2ccccc12)C1CCC1. The maximum Gasteiger partial charge on any atom is 0.243 e. The highest BCUT2D eigenvalue weighted by Crippen LogP contribution is 2.28. The Balaban J connectivity index is 1.75. The van der Waals surface area contributed by atoms with Gasteiger partial charge in [0.15, 0.2) is 0 Å². The number of nitrogens with zero attached hydrogens (tertiary/aromatic N) is 1. The Morgan fingerprint density at radius 1 is 1.00 bits per heavy atom. The number of fused-ring (bicyclic) bond motifs is 2. The van der Waals surface area contributed by atoms with Crippen LogP contribution in [0.3, 0.4) is 0 Å². The van der Waals surface area contributed by atoms with E-state index in [9.17, 15) is 4.79 Å². The van der Waals surface area contributed by atoms with Gasteiger partial charge < -0.3 is 0 Å². The molecule has 0 bridgehead atoms. The molecule has 0 heterocycles. The van der Waals surface area contributed by atoms with Crippen LogP contribution in [0.1, 0.15) is 24.8 Å². The molecule has 1 aliphatic carbocycles. The molecular formula is C20H18N2O.